The zero-order valence-electron chi connectivity index (χ0n) is 47.6. The lowest BCUT2D eigenvalue weighted by Crippen LogP contribution is -2.33. The lowest BCUT2D eigenvalue weighted by Gasteiger charge is -2.16. The molecule has 10 N–H and O–H groups in total. The first kappa shape index (κ1) is 65.2. The Morgan fingerprint density at radius 3 is 1.52 bits per heavy atom. The molecule has 3 saturated carbocycles. The number of esters is 1. The fraction of sp³-hybridized carbons (Fsp3) is 0.297. The van der Waals surface area contributed by atoms with Crippen LogP contribution in [0.25, 0.3) is 10.9 Å². The maximum absolute atomic E-state index is 13.4. The van der Waals surface area contributed by atoms with E-state index in [-0.39, 0.29) is 42.7 Å². The zero-order valence-corrected chi connectivity index (χ0v) is 47.6. The standard InChI is InChI=1S/C26H22F6N2O6.C19H20N2O4.C19H20N2O3/c1-2-38-23(36)24(12-18(24)22(35)34-37)11-14-3-5-15(6-4-14)13-39-20-10-21(25(27,28)29)33-19-8-7-16(9-17(19)20)40-26(30,31)32;20-18(23)19(11-16(19)17(22)21-24)10-13-6-8-14(9-7-13)12-25-15-4-2-1-3-5-15;20-17(22)16-11-19(16,18(21)23)10-14-7-4-8-15(9-14)24-12-13-5-2-1-3-6-13/h3-10,18,37H,2,11-13H2,1H3,(H,34,35);1-9,16,24H,10-12H2,(H2,20,23)(H,21,22);1-9,16H,10-12H2,(H2,20,22)(H2,21,23)/t18-,24+;2*16-,19+/m111/s1. The Morgan fingerprint density at radius 1 is 0.528 bits per heavy atom. The number of carbonyl (C=O) groups is 6. The number of aromatic nitrogens is 1. The smallest absolute Gasteiger partial charge is 0.489 e. The Balaban J connectivity index is 0.000000181. The van der Waals surface area contributed by atoms with Gasteiger partial charge in [-0.05, 0) is 121 Å². The van der Waals surface area contributed by atoms with E-state index in [1.165, 1.54) is 0 Å². The normalized spacial score (nSPS) is 20.3. The molecule has 0 spiro atoms. The van der Waals surface area contributed by atoms with Gasteiger partial charge in [-0.1, -0.05) is 109 Å². The van der Waals surface area contributed by atoms with Gasteiger partial charge in [0.2, 0.25) is 29.5 Å². The van der Waals surface area contributed by atoms with E-state index in [0.717, 1.165) is 46.2 Å². The van der Waals surface area contributed by atoms with Crippen molar-refractivity contribution >= 4 is 46.4 Å². The highest BCUT2D eigenvalue weighted by Gasteiger charge is 2.65. The first-order valence-electron chi connectivity index (χ1n) is 27.8. The monoisotopic (exact) mass is 1240 g/mol. The van der Waals surface area contributed by atoms with Gasteiger partial charge in [0.05, 0.1) is 46.1 Å². The Hall–Kier alpha value is -9.75. The Morgan fingerprint density at radius 2 is 0.989 bits per heavy atom. The molecule has 19 nitrogen and oxygen atoms in total. The van der Waals surface area contributed by atoms with Gasteiger partial charge in [-0.3, -0.25) is 39.2 Å². The predicted octanol–water partition coefficient (Wildman–Crippen LogP) is 8.94. The van der Waals surface area contributed by atoms with Crippen LogP contribution >= 0.6 is 0 Å². The number of nitrogens with two attached hydrogens (primary N) is 3. The topological polar surface area (TPSA) is 304 Å². The van der Waals surface area contributed by atoms with Gasteiger partial charge in [-0.25, -0.2) is 15.9 Å². The van der Waals surface area contributed by atoms with Crippen molar-refractivity contribution in [1.29, 1.82) is 0 Å². The quantitative estimate of drug-likeness (QED) is 0.0136. The predicted molar refractivity (Wildman–Crippen MR) is 305 cm³/mol. The summed E-state index contributed by atoms with van der Waals surface area (Å²) in [6.45, 7) is 2.39. The summed E-state index contributed by atoms with van der Waals surface area (Å²) in [4.78, 5) is 74.4. The summed E-state index contributed by atoms with van der Waals surface area (Å²) in [5.41, 5.74) is 20.1. The number of para-hydroxylation sites is 1. The molecule has 468 valence electrons. The number of hydrogen-bond acceptors (Lipinski definition) is 14. The number of primary amides is 3. The molecule has 5 amide bonds. The van der Waals surface area contributed by atoms with Gasteiger partial charge in [0.1, 0.15) is 48.5 Å². The van der Waals surface area contributed by atoms with Crippen LogP contribution in [0.3, 0.4) is 0 Å². The minimum absolute atomic E-state index is 0.105. The van der Waals surface area contributed by atoms with Crippen molar-refractivity contribution < 1.29 is 89.2 Å². The number of hydroxylamine groups is 2. The molecule has 6 aromatic carbocycles. The number of benzene rings is 6. The van der Waals surface area contributed by atoms with Crippen molar-refractivity contribution in [2.45, 2.75) is 77.8 Å². The van der Waals surface area contributed by atoms with Crippen molar-refractivity contribution in [3.05, 3.63) is 197 Å². The van der Waals surface area contributed by atoms with Crippen molar-refractivity contribution in [1.82, 2.24) is 15.9 Å². The molecule has 3 fully saturated rings. The lowest BCUT2D eigenvalue weighted by molar-refractivity contribution is -0.274. The Bertz CT molecular complexity index is 3680. The molecule has 6 atom stereocenters. The molecule has 1 aromatic heterocycles. The lowest BCUT2D eigenvalue weighted by atomic mass is 9.92. The highest BCUT2D eigenvalue weighted by molar-refractivity contribution is 5.96. The zero-order chi connectivity index (χ0) is 64.3. The molecular formula is C64H62F6N6O13. The van der Waals surface area contributed by atoms with Crippen LogP contribution in [0, 0.1) is 34.0 Å². The van der Waals surface area contributed by atoms with E-state index in [2.05, 4.69) is 9.72 Å². The third kappa shape index (κ3) is 16.5. The highest BCUT2D eigenvalue weighted by Crippen LogP contribution is 2.57. The van der Waals surface area contributed by atoms with Crippen LogP contribution in [-0.2, 0) is 78.8 Å². The summed E-state index contributed by atoms with van der Waals surface area (Å²) >= 11 is 0. The van der Waals surface area contributed by atoms with Crippen LogP contribution in [0.15, 0.2) is 158 Å². The summed E-state index contributed by atoms with van der Waals surface area (Å²) in [7, 11) is 0. The SMILES string of the molecule is CCOC(=O)[C@@]1(Cc2ccc(COc3cc(C(F)(F)F)nc4ccc(OC(F)(F)F)cc34)cc2)C[C@@H]1C(=O)NO.NC(=O)[C@@]1(Cc2ccc(COc3ccccc3)cc2)C[C@@H]1C(=O)NO.NC(=O)[C@H]1C[C@]1(Cc1cccc(OCc2ccccc2)c1)C(N)=O. The fourth-order valence-corrected chi connectivity index (χ4v) is 10.6. The number of hydrogen-bond donors (Lipinski definition) is 7. The molecule has 25 heteroatoms. The average Bonchev–Trinajstić information content (AvgIpc) is 1.62. The number of rotatable bonds is 23. The third-order valence-corrected chi connectivity index (χ3v) is 15.6. The molecule has 0 radical (unpaired) electrons. The number of nitrogens with zero attached hydrogens (tertiary/aromatic N) is 1. The van der Waals surface area contributed by atoms with Gasteiger partial charge in [0, 0.05) is 11.5 Å². The first-order valence-corrected chi connectivity index (χ1v) is 27.8. The number of carbonyl (C=O) groups excluding carboxylic acids is 6. The Kier molecular flexibility index (Phi) is 20.2. The van der Waals surface area contributed by atoms with Crippen LogP contribution in [-0.4, -0.2) is 63.9 Å². The van der Waals surface area contributed by atoms with Gasteiger partial charge in [-0.15, -0.1) is 13.2 Å². The number of pyridine rings is 1. The van der Waals surface area contributed by atoms with Crippen LogP contribution in [0.5, 0.6) is 23.0 Å². The van der Waals surface area contributed by atoms with E-state index < -0.39 is 93.5 Å². The van der Waals surface area contributed by atoms with Crippen molar-refractivity contribution in [3.63, 3.8) is 0 Å². The maximum atomic E-state index is 13.4. The van der Waals surface area contributed by atoms with Gasteiger partial charge in [0.25, 0.3) is 0 Å². The van der Waals surface area contributed by atoms with E-state index in [0.29, 0.717) is 61.8 Å². The molecule has 7 aromatic rings. The summed E-state index contributed by atoms with van der Waals surface area (Å²) < 4.78 is 104. The third-order valence-electron chi connectivity index (χ3n) is 15.6. The molecule has 10 rings (SSSR count). The average molecular weight is 1240 g/mol. The van der Waals surface area contributed by atoms with E-state index in [1.807, 2.05) is 109 Å². The van der Waals surface area contributed by atoms with Gasteiger partial charge < -0.3 is 40.9 Å². The minimum Gasteiger partial charge on any atom is -0.489 e. The van der Waals surface area contributed by atoms with Gasteiger partial charge >= 0.3 is 18.5 Å². The number of halogens is 6. The molecule has 3 aliphatic carbocycles. The Labute approximate surface area is 505 Å². The molecule has 0 bridgehead atoms. The molecule has 0 saturated heterocycles. The molecule has 0 unspecified atom stereocenters. The van der Waals surface area contributed by atoms with Crippen molar-refractivity contribution in [3.8, 4) is 23.0 Å². The van der Waals surface area contributed by atoms with Crippen LogP contribution in [0.4, 0.5) is 26.3 Å². The summed E-state index contributed by atoms with van der Waals surface area (Å²) in [6.07, 6.45) is -7.97. The van der Waals surface area contributed by atoms with Crippen molar-refractivity contribution in [2.24, 2.45) is 51.2 Å². The number of alkyl halides is 6. The first-order chi connectivity index (χ1) is 42.3. The van der Waals surface area contributed by atoms with E-state index in [1.54, 1.807) is 42.1 Å². The molecule has 89 heavy (non-hydrogen) atoms. The number of nitrogens with one attached hydrogen (secondary N) is 2. The number of fused-ring (bicyclic) bond motifs is 1. The molecule has 1 heterocycles. The number of amides is 5. The van der Waals surface area contributed by atoms with E-state index in [4.69, 9.17) is 46.6 Å². The van der Waals surface area contributed by atoms with Crippen LogP contribution in [0.2, 0.25) is 0 Å². The van der Waals surface area contributed by atoms with Gasteiger partial charge in [-0.2, -0.15) is 13.2 Å². The van der Waals surface area contributed by atoms with Crippen molar-refractivity contribution in [2.75, 3.05) is 6.61 Å². The minimum atomic E-state index is -5.01. The summed E-state index contributed by atoms with van der Waals surface area (Å²) in [5, 5.41) is 17.6. The van der Waals surface area contributed by atoms with Crippen LogP contribution < -0.4 is 47.1 Å². The second-order valence-corrected chi connectivity index (χ2v) is 21.7. The second kappa shape index (κ2) is 27.5. The van der Waals surface area contributed by atoms with Crippen LogP contribution in [0.1, 0.15) is 65.3 Å². The van der Waals surface area contributed by atoms with E-state index >= 15 is 0 Å². The maximum Gasteiger partial charge on any atom is 0.573 e. The highest BCUT2D eigenvalue weighted by atomic mass is 19.4. The second-order valence-electron chi connectivity index (χ2n) is 21.7. The molecule has 0 aliphatic heterocycles. The largest absolute Gasteiger partial charge is 0.573 e. The molecular weight excluding hydrogens is 1170 g/mol. The summed E-state index contributed by atoms with van der Waals surface area (Å²) in [5.74, 6) is -4.60. The number of ether oxygens (including phenoxy) is 5. The molecule has 3 aliphatic rings. The summed E-state index contributed by atoms with van der Waals surface area (Å²) in [6, 6.07) is 44.3. The van der Waals surface area contributed by atoms with E-state index in [9.17, 15) is 55.1 Å². The van der Waals surface area contributed by atoms with Gasteiger partial charge in [0.15, 0.2) is 0 Å². The fourth-order valence-electron chi connectivity index (χ4n) is 10.6.